The van der Waals surface area contributed by atoms with E-state index in [1.807, 2.05) is 0 Å². The third-order valence-corrected chi connectivity index (χ3v) is 7.20. The summed E-state index contributed by atoms with van der Waals surface area (Å²) >= 11 is 7.02. The van der Waals surface area contributed by atoms with Gasteiger partial charge in [0, 0.05) is 24.1 Å². The summed E-state index contributed by atoms with van der Waals surface area (Å²) < 4.78 is 45.0. The van der Waals surface area contributed by atoms with Crippen LogP contribution < -0.4 is 20.7 Å². The van der Waals surface area contributed by atoms with Gasteiger partial charge >= 0.3 is 0 Å². The van der Waals surface area contributed by atoms with Crippen LogP contribution in [0.2, 0.25) is 5.02 Å². The largest absolute Gasteiger partial charge is 0.384 e. The van der Waals surface area contributed by atoms with Crippen molar-refractivity contribution in [1.29, 1.82) is 0 Å². The lowest BCUT2D eigenvalue weighted by atomic mass is 10.1. The number of sulfonamides is 1. The van der Waals surface area contributed by atoms with E-state index in [1.54, 1.807) is 0 Å². The van der Waals surface area contributed by atoms with Crippen LogP contribution in [0, 0.1) is 5.82 Å². The minimum atomic E-state index is -4.14. The maximum Gasteiger partial charge on any atom is 0.266 e. The molecule has 30 heavy (non-hydrogen) atoms. The van der Waals surface area contributed by atoms with Crippen LogP contribution >= 0.6 is 23.1 Å². The number of halogens is 2. The molecule has 2 aromatic rings. The molecule has 0 aliphatic carbocycles. The van der Waals surface area contributed by atoms with E-state index < -0.39 is 20.7 Å². The molecule has 0 radical (unpaired) electrons. The van der Waals surface area contributed by atoms with Crippen molar-refractivity contribution in [2.45, 2.75) is 43.0 Å². The quantitative estimate of drug-likeness (QED) is 0.349. The van der Waals surface area contributed by atoms with E-state index in [4.69, 9.17) is 11.6 Å². The number of anilines is 2. The molecule has 12 heteroatoms. The summed E-state index contributed by atoms with van der Waals surface area (Å²) in [6.07, 6.45) is 6.75. The highest BCUT2D eigenvalue weighted by molar-refractivity contribution is 7.93. The smallest absolute Gasteiger partial charge is 0.266 e. The first kappa shape index (κ1) is 23.1. The molecule has 1 aliphatic rings. The van der Waals surface area contributed by atoms with E-state index in [0.29, 0.717) is 18.3 Å². The molecule has 1 aromatic heterocycles. The lowest BCUT2D eigenvalue weighted by molar-refractivity contribution is 0.517. The molecule has 1 fully saturated rings. The molecule has 0 spiro atoms. The Balaban J connectivity index is 1.41. The molecule has 0 saturated carbocycles. The Bertz CT molecular complexity index is 908. The predicted octanol–water partition coefficient (Wildman–Crippen LogP) is 3.06. The number of aromatic nitrogens is 2. The van der Waals surface area contributed by atoms with Gasteiger partial charge in [0.15, 0.2) is 0 Å². The molecule has 1 atom stereocenters. The van der Waals surface area contributed by atoms with Crippen LogP contribution in [0.25, 0.3) is 0 Å². The first-order valence-corrected chi connectivity index (χ1v) is 12.6. The van der Waals surface area contributed by atoms with Gasteiger partial charge in [-0.05, 0) is 63.9 Å². The summed E-state index contributed by atoms with van der Waals surface area (Å²) in [4.78, 5) is 3.20. The fourth-order valence-electron chi connectivity index (χ4n) is 3.26. The molecular formula is C18H26ClFN6O2S2. The highest BCUT2D eigenvalue weighted by Gasteiger charge is 2.22. The van der Waals surface area contributed by atoms with E-state index in [1.165, 1.54) is 19.2 Å². The number of nitrogens with one attached hydrogen (secondary N) is 4. The van der Waals surface area contributed by atoms with E-state index >= 15 is 0 Å². The molecule has 1 saturated heterocycles. The minimum absolute atomic E-state index is 0.0563. The zero-order chi connectivity index (χ0) is 21.4. The van der Waals surface area contributed by atoms with Crippen molar-refractivity contribution >= 4 is 44.0 Å². The Kier molecular flexibility index (Phi) is 8.63. The molecule has 0 bridgehead atoms. The topological polar surface area (TPSA) is 108 Å². The van der Waals surface area contributed by atoms with Crippen molar-refractivity contribution in [1.82, 2.24) is 20.0 Å². The Morgan fingerprint density at radius 1 is 1.27 bits per heavy atom. The number of nitrogens with zero attached hydrogens (tertiary/aromatic N) is 2. The standard InChI is InChI=1S/C18H26ClFN6O2S2/c19-14-10-17(30(27,28)26-18-24-12-25-29-18)15(20)11-16(14)23-7-2-1-6-21-9-5-13-4-3-8-22-13/h10-13,21-23H,1-9H2,(H,24,25,26)/t13-/m0/s1. The monoisotopic (exact) mass is 476 g/mol. The van der Waals surface area contributed by atoms with Gasteiger partial charge in [0.05, 0.1) is 10.7 Å². The molecular weight excluding hydrogens is 451 g/mol. The average molecular weight is 477 g/mol. The normalized spacial score (nSPS) is 16.7. The molecule has 0 unspecified atom stereocenters. The highest BCUT2D eigenvalue weighted by atomic mass is 35.5. The summed E-state index contributed by atoms with van der Waals surface area (Å²) in [6, 6.07) is 2.85. The molecule has 1 aliphatic heterocycles. The maximum absolute atomic E-state index is 14.4. The van der Waals surface area contributed by atoms with E-state index in [9.17, 15) is 12.8 Å². The third-order valence-electron chi connectivity index (χ3n) is 4.82. The van der Waals surface area contributed by atoms with Crippen LogP contribution in [-0.2, 0) is 10.0 Å². The number of benzene rings is 1. The van der Waals surface area contributed by atoms with Crippen molar-refractivity contribution in [3.8, 4) is 0 Å². The molecule has 1 aromatic carbocycles. The zero-order valence-electron chi connectivity index (χ0n) is 16.5. The van der Waals surface area contributed by atoms with Gasteiger partial charge in [-0.15, -0.1) is 0 Å². The van der Waals surface area contributed by atoms with E-state index in [-0.39, 0.29) is 10.2 Å². The van der Waals surface area contributed by atoms with Crippen LogP contribution in [0.15, 0.2) is 23.4 Å². The first-order valence-electron chi connectivity index (χ1n) is 9.92. The summed E-state index contributed by atoms with van der Waals surface area (Å²) in [5.74, 6) is -0.888. The van der Waals surface area contributed by atoms with Gasteiger partial charge in [-0.3, -0.25) is 4.72 Å². The van der Waals surface area contributed by atoms with Crippen LogP contribution in [0.3, 0.4) is 0 Å². The summed E-state index contributed by atoms with van der Waals surface area (Å²) in [5.41, 5.74) is 0.365. The fourth-order valence-corrected chi connectivity index (χ4v) is 5.30. The Hall–Kier alpha value is -1.53. The van der Waals surface area contributed by atoms with Gasteiger partial charge < -0.3 is 16.0 Å². The second kappa shape index (κ2) is 11.2. The van der Waals surface area contributed by atoms with Crippen molar-refractivity contribution in [2.75, 3.05) is 36.2 Å². The Morgan fingerprint density at radius 3 is 2.83 bits per heavy atom. The van der Waals surface area contributed by atoms with Crippen molar-refractivity contribution in [3.63, 3.8) is 0 Å². The van der Waals surface area contributed by atoms with Gasteiger partial charge in [0.25, 0.3) is 10.0 Å². The summed E-state index contributed by atoms with van der Waals surface area (Å²) in [7, 11) is -4.14. The number of hydrogen-bond acceptors (Lipinski definition) is 8. The van der Waals surface area contributed by atoms with Crippen LogP contribution in [-0.4, -0.2) is 50.0 Å². The molecule has 2 heterocycles. The maximum atomic E-state index is 14.4. The van der Waals surface area contributed by atoms with Gasteiger partial charge in [-0.2, -0.15) is 4.37 Å². The molecule has 166 valence electrons. The van der Waals surface area contributed by atoms with Gasteiger partial charge in [0.2, 0.25) is 5.13 Å². The number of unbranched alkanes of at least 4 members (excludes halogenated alkanes) is 1. The fraction of sp³-hybridized carbons (Fsp3) is 0.556. The van der Waals surface area contributed by atoms with Crippen molar-refractivity contribution in [2.24, 2.45) is 0 Å². The van der Waals surface area contributed by atoms with E-state index in [2.05, 4.69) is 30.0 Å². The highest BCUT2D eigenvalue weighted by Crippen LogP contribution is 2.29. The second-order valence-corrected chi connectivity index (χ2v) is 9.92. The molecule has 3 rings (SSSR count). The van der Waals surface area contributed by atoms with Crippen molar-refractivity contribution in [3.05, 3.63) is 29.3 Å². The number of rotatable bonds is 12. The lowest BCUT2D eigenvalue weighted by Gasteiger charge is -2.12. The van der Waals surface area contributed by atoms with Crippen LogP contribution in [0.1, 0.15) is 32.1 Å². The summed E-state index contributed by atoms with van der Waals surface area (Å²) in [5, 5.41) is 10.2. The average Bonchev–Trinajstić information content (AvgIpc) is 3.40. The Labute approximate surface area is 185 Å². The van der Waals surface area contributed by atoms with Gasteiger partial charge in [-0.25, -0.2) is 17.8 Å². The lowest BCUT2D eigenvalue weighted by Crippen LogP contribution is -2.27. The molecule has 4 N–H and O–H groups in total. The second-order valence-electron chi connectivity index (χ2n) is 7.08. The first-order chi connectivity index (χ1) is 14.5. The van der Waals surface area contributed by atoms with Crippen LogP contribution in [0.5, 0.6) is 0 Å². The van der Waals surface area contributed by atoms with Crippen LogP contribution in [0.4, 0.5) is 15.2 Å². The third kappa shape index (κ3) is 6.74. The SMILES string of the molecule is O=S(=O)(Nc1ncns1)c1cc(Cl)c(NCCCCNCC[C@@H]2CCCN2)cc1F. The van der Waals surface area contributed by atoms with Gasteiger partial charge in [0.1, 0.15) is 17.0 Å². The predicted molar refractivity (Wildman–Crippen MR) is 118 cm³/mol. The van der Waals surface area contributed by atoms with E-state index in [0.717, 1.165) is 62.6 Å². The summed E-state index contributed by atoms with van der Waals surface area (Å²) in [6.45, 7) is 3.67. The number of hydrogen-bond donors (Lipinski definition) is 4. The zero-order valence-corrected chi connectivity index (χ0v) is 18.8. The van der Waals surface area contributed by atoms with Crippen molar-refractivity contribution < 1.29 is 12.8 Å². The van der Waals surface area contributed by atoms with Gasteiger partial charge in [-0.1, -0.05) is 11.6 Å². The Morgan fingerprint density at radius 2 is 2.10 bits per heavy atom. The minimum Gasteiger partial charge on any atom is -0.384 e. The molecule has 0 amide bonds. The molecule has 8 nitrogen and oxygen atoms in total.